The summed E-state index contributed by atoms with van der Waals surface area (Å²) in [5, 5.41) is 9.36. The Bertz CT molecular complexity index is 302. The van der Waals surface area contributed by atoms with E-state index in [4.69, 9.17) is 5.21 Å². The van der Waals surface area contributed by atoms with Crippen LogP contribution in [0.2, 0.25) is 0 Å². The van der Waals surface area contributed by atoms with Crippen LogP contribution in [0, 0.1) is 6.92 Å². The lowest BCUT2D eigenvalue weighted by atomic mass is 10.1. The Labute approximate surface area is 94.8 Å². The number of rotatable bonds is 4. The average molecular weight is 227 g/mol. The molecule has 2 atom stereocenters. The van der Waals surface area contributed by atoms with Crippen LogP contribution in [0.3, 0.4) is 0 Å². The van der Waals surface area contributed by atoms with Crippen LogP contribution in [0.1, 0.15) is 31.2 Å². The van der Waals surface area contributed by atoms with Crippen molar-refractivity contribution in [2.45, 2.75) is 31.9 Å². The van der Waals surface area contributed by atoms with E-state index >= 15 is 0 Å². The van der Waals surface area contributed by atoms with E-state index in [1.807, 2.05) is 26.2 Å². The normalized spacial score (nSPS) is 15.3. The van der Waals surface area contributed by atoms with E-state index in [0.29, 0.717) is 0 Å². The number of nitrogens with zero attached hydrogens (tertiary/aromatic N) is 3. The molecule has 84 valence electrons. The smallest absolute Gasteiger partial charge is 0.132 e. The molecule has 0 aliphatic rings. The van der Waals surface area contributed by atoms with Gasteiger partial charge in [-0.3, -0.25) is 0 Å². The Morgan fingerprint density at radius 2 is 1.87 bits per heavy atom. The molecule has 0 aliphatic carbocycles. The van der Waals surface area contributed by atoms with Crippen molar-refractivity contribution in [1.29, 1.82) is 0 Å². The Kier molecular flexibility index (Phi) is 4.50. The minimum absolute atomic E-state index is 0.213. The SMILES string of the molecule is Cc1cnc(C(C)C(C)SN(C)O)nc1. The molecule has 15 heavy (non-hydrogen) atoms. The van der Waals surface area contributed by atoms with E-state index in [2.05, 4.69) is 16.9 Å². The monoisotopic (exact) mass is 227 g/mol. The van der Waals surface area contributed by atoms with Gasteiger partial charge in [-0.05, 0) is 24.4 Å². The van der Waals surface area contributed by atoms with E-state index < -0.39 is 0 Å². The fourth-order valence-electron chi connectivity index (χ4n) is 1.18. The van der Waals surface area contributed by atoms with Gasteiger partial charge in [-0.25, -0.2) is 9.97 Å². The van der Waals surface area contributed by atoms with Gasteiger partial charge in [-0.15, -0.1) is 4.47 Å². The fourth-order valence-corrected chi connectivity index (χ4v) is 1.97. The van der Waals surface area contributed by atoms with Crippen molar-refractivity contribution in [2.75, 3.05) is 7.05 Å². The van der Waals surface area contributed by atoms with Gasteiger partial charge >= 0.3 is 0 Å². The lowest BCUT2D eigenvalue weighted by Gasteiger charge is -2.20. The van der Waals surface area contributed by atoms with Crippen molar-refractivity contribution in [3.05, 3.63) is 23.8 Å². The molecule has 1 N–H and O–H groups in total. The third kappa shape index (κ3) is 3.77. The minimum atomic E-state index is 0.213. The van der Waals surface area contributed by atoms with E-state index in [9.17, 15) is 0 Å². The summed E-state index contributed by atoms with van der Waals surface area (Å²) in [6.07, 6.45) is 3.64. The third-order valence-electron chi connectivity index (χ3n) is 2.23. The molecule has 1 heterocycles. The van der Waals surface area contributed by atoms with Crippen LogP contribution in [-0.4, -0.2) is 31.9 Å². The highest BCUT2D eigenvalue weighted by Gasteiger charge is 2.18. The van der Waals surface area contributed by atoms with Gasteiger partial charge in [-0.1, -0.05) is 13.8 Å². The van der Waals surface area contributed by atoms with Crippen molar-refractivity contribution in [2.24, 2.45) is 0 Å². The molecule has 1 aromatic rings. The van der Waals surface area contributed by atoms with Crippen LogP contribution in [0.15, 0.2) is 12.4 Å². The molecule has 0 saturated heterocycles. The first-order valence-corrected chi connectivity index (χ1v) is 5.72. The van der Waals surface area contributed by atoms with Gasteiger partial charge in [0, 0.05) is 30.6 Å². The van der Waals surface area contributed by atoms with E-state index in [1.54, 1.807) is 7.05 Å². The standard InChI is InChI=1S/C10H17N3OS/c1-7-5-11-10(12-6-7)8(2)9(3)15-13(4)14/h5-6,8-9,14H,1-4H3. The van der Waals surface area contributed by atoms with E-state index in [-0.39, 0.29) is 11.2 Å². The summed E-state index contributed by atoms with van der Waals surface area (Å²) in [7, 11) is 1.61. The number of hydroxylamine groups is 1. The summed E-state index contributed by atoms with van der Waals surface area (Å²) in [6.45, 7) is 6.07. The van der Waals surface area contributed by atoms with Crippen molar-refractivity contribution >= 4 is 11.9 Å². The van der Waals surface area contributed by atoms with Crippen LogP contribution in [0.4, 0.5) is 0 Å². The van der Waals surface area contributed by atoms with E-state index in [0.717, 1.165) is 15.9 Å². The maximum atomic E-state index is 9.12. The molecule has 0 spiro atoms. The summed E-state index contributed by atoms with van der Waals surface area (Å²) < 4.78 is 1.12. The summed E-state index contributed by atoms with van der Waals surface area (Å²) in [5.74, 6) is 1.03. The van der Waals surface area contributed by atoms with Gasteiger partial charge in [0.2, 0.25) is 0 Å². The largest absolute Gasteiger partial charge is 0.304 e. The molecule has 0 fully saturated rings. The van der Waals surface area contributed by atoms with Gasteiger partial charge < -0.3 is 5.21 Å². The number of aryl methyl sites for hydroxylation is 1. The third-order valence-corrected chi connectivity index (χ3v) is 3.28. The van der Waals surface area contributed by atoms with Crippen LogP contribution < -0.4 is 0 Å². The quantitative estimate of drug-likeness (QED) is 0.631. The first-order valence-electron chi connectivity index (χ1n) is 4.88. The van der Waals surface area contributed by atoms with Crippen LogP contribution in [0.5, 0.6) is 0 Å². The van der Waals surface area contributed by atoms with Crippen molar-refractivity contribution in [1.82, 2.24) is 14.4 Å². The molecule has 0 aromatic carbocycles. The van der Waals surface area contributed by atoms with Crippen molar-refractivity contribution in [3.63, 3.8) is 0 Å². The van der Waals surface area contributed by atoms with Crippen molar-refractivity contribution < 1.29 is 5.21 Å². The Morgan fingerprint density at radius 3 is 2.33 bits per heavy atom. The van der Waals surface area contributed by atoms with Crippen molar-refractivity contribution in [3.8, 4) is 0 Å². The molecule has 5 heteroatoms. The number of aromatic nitrogens is 2. The van der Waals surface area contributed by atoms with Gasteiger partial charge in [0.25, 0.3) is 0 Å². The lowest BCUT2D eigenvalue weighted by Crippen LogP contribution is -2.16. The number of hydrogen-bond acceptors (Lipinski definition) is 5. The predicted octanol–water partition coefficient (Wildman–Crippen LogP) is 2.25. The Hall–Kier alpha value is -0.650. The first-order chi connectivity index (χ1) is 7.00. The Morgan fingerprint density at radius 1 is 1.33 bits per heavy atom. The number of hydrogen-bond donors (Lipinski definition) is 1. The highest BCUT2D eigenvalue weighted by molar-refractivity contribution is 7.97. The minimum Gasteiger partial charge on any atom is -0.304 e. The molecule has 4 nitrogen and oxygen atoms in total. The second-order valence-electron chi connectivity index (χ2n) is 3.68. The zero-order valence-electron chi connectivity index (χ0n) is 9.51. The Balaban J connectivity index is 2.67. The van der Waals surface area contributed by atoms with Crippen LogP contribution in [-0.2, 0) is 0 Å². The molecule has 1 rings (SSSR count). The molecule has 0 radical (unpaired) electrons. The van der Waals surface area contributed by atoms with Crippen LogP contribution in [0.25, 0.3) is 0 Å². The molecule has 0 amide bonds. The maximum absolute atomic E-state index is 9.12. The zero-order chi connectivity index (χ0) is 11.4. The second kappa shape index (κ2) is 5.44. The highest BCUT2D eigenvalue weighted by Crippen LogP contribution is 2.26. The average Bonchev–Trinajstić information content (AvgIpc) is 2.17. The molecule has 1 aromatic heterocycles. The maximum Gasteiger partial charge on any atom is 0.132 e. The molecule has 0 aliphatic heterocycles. The first kappa shape index (κ1) is 12.4. The molecule has 2 unspecified atom stereocenters. The summed E-state index contributed by atoms with van der Waals surface area (Å²) in [6, 6.07) is 0. The molecular weight excluding hydrogens is 210 g/mol. The topological polar surface area (TPSA) is 49.2 Å². The summed E-state index contributed by atoms with van der Waals surface area (Å²) in [5.41, 5.74) is 1.06. The zero-order valence-corrected chi connectivity index (χ0v) is 10.3. The van der Waals surface area contributed by atoms with Crippen LogP contribution >= 0.6 is 11.9 Å². The fraction of sp³-hybridized carbons (Fsp3) is 0.600. The van der Waals surface area contributed by atoms with Gasteiger partial charge in [0.15, 0.2) is 0 Å². The second-order valence-corrected chi connectivity index (χ2v) is 5.16. The predicted molar refractivity (Wildman–Crippen MR) is 61.8 cm³/mol. The lowest BCUT2D eigenvalue weighted by molar-refractivity contribution is 0.0445. The molecule has 0 bridgehead atoms. The summed E-state index contributed by atoms with van der Waals surface area (Å²) in [4.78, 5) is 8.56. The molecule has 0 saturated carbocycles. The van der Waals surface area contributed by atoms with E-state index in [1.165, 1.54) is 11.9 Å². The summed E-state index contributed by atoms with van der Waals surface area (Å²) >= 11 is 1.37. The van der Waals surface area contributed by atoms with Gasteiger partial charge in [0.1, 0.15) is 5.82 Å². The van der Waals surface area contributed by atoms with Gasteiger partial charge in [-0.2, -0.15) is 0 Å². The van der Waals surface area contributed by atoms with Gasteiger partial charge in [0.05, 0.1) is 0 Å². The highest BCUT2D eigenvalue weighted by atomic mass is 32.2. The molecular formula is C10H17N3OS.